The SMILES string of the molecule is Cl.NCC(Cc1ccccc1)C1CC1. The Morgan fingerprint density at radius 2 is 1.86 bits per heavy atom. The van der Waals surface area contributed by atoms with Gasteiger partial charge in [-0.2, -0.15) is 0 Å². The molecule has 0 aliphatic heterocycles. The summed E-state index contributed by atoms with van der Waals surface area (Å²) in [4.78, 5) is 0. The highest BCUT2D eigenvalue weighted by molar-refractivity contribution is 5.85. The molecule has 2 heteroatoms. The van der Waals surface area contributed by atoms with Crippen molar-refractivity contribution in [3.8, 4) is 0 Å². The molecule has 1 fully saturated rings. The van der Waals surface area contributed by atoms with Crippen LogP contribution in [0.1, 0.15) is 18.4 Å². The molecule has 1 atom stereocenters. The number of nitrogens with two attached hydrogens (primary N) is 1. The van der Waals surface area contributed by atoms with Crippen LogP contribution in [0.25, 0.3) is 0 Å². The molecule has 1 nitrogen and oxygen atoms in total. The number of hydrogen-bond acceptors (Lipinski definition) is 1. The van der Waals surface area contributed by atoms with Gasteiger partial charge in [-0.1, -0.05) is 30.3 Å². The second-order valence-corrected chi connectivity index (χ2v) is 4.02. The molecule has 0 radical (unpaired) electrons. The first kappa shape index (κ1) is 11.5. The van der Waals surface area contributed by atoms with Crippen molar-refractivity contribution in [2.45, 2.75) is 19.3 Å². The molecule has 0 amide bonds. The lowest BCUT2D eigenvalue weighted by atomic mass is 9.95. The molecule has 2 N–H and O–H groups in total. The van der Waals surface area contributed by atoms with E-state index in [2.05, 4.69) is 30.3 Å². The van der Waals surface area contributed by atoms with Crippen LogP contribution in [0, 0.1) is 11.8 Å². The fourth-order valence-electron chi connectivity index (χ4n) is 1.93. The van der Waals surface area contributed by atoms with E-state index >= 15 is 0 Å². The van der Waals surface area contributed by atoms with Crippen molar-refractivity contribution in [1.29, 1.82) is 0 Å². The second kappa shape index (κ2) is 5.38. The largest absolute Gasteiger partial charge is 0.330 e. The summed E-state index contributed by atoms with van der Waals surface area (Å²) in [7, 11) is 0. The number of rotatable bonds is 4. The number of halogens is 1. The Morgan fingerprint density at radius 1 is 1.21 bits per heavy atom. The average Bonchev–Trinajstić information content (AvgIpc) is 2.99. The third-order valence-electron chi connectivity index (χ3n) is 2.93. The van der Waals surface area contributed by atoms with Gasteiger partial charge in [0.2, 0.25) is 0 Å². The molecular formula is C12H18ClN. The van der Waals surface area contributed by atoms with E-state index in [4.69, 9.17) is 5.73 Å². The summed E-state index contributed by atoms with van der Waals surface area (Å²) in [5, 5.41) is 0. The molecule has 0 aromatic heterocycles. The van der Waals surface area contributed by atoms with E-state index in [1.54, 1.807) is 0 Å². The molecule has 78 valence electrons. The van der Waals surface area contributed by atoms with Gasteiger partial charge >= 0.3 is 0 Å². The molecular weight excluding hydrogens is 194 g/mol. The van der Waals surface area contributed by atoms with E-state index in [0.29, 0.717) is 0 Å². The standard InChI is InChI=1S/C12H17N.ClH/c13-9-12(11-6-7-11)8-10-4-2-1-3-5-10;/h1-5,11-12H,6-9,13H2;1H. The monoisotopic (exact) mass is 211 g/mol. The fraction of sp³-hybridized carbons (Fsp3) is 0.500. The smallest absolute Gasteiger partial charge is 0.00430 e. The van der Waals surface area contributed by atoms with Gasteiger partial charge in [-0.05, 0) is 43.2 Å². The summed E-state index contributed by atoms with van der Waals surface area (Å²) >= 11 is 0. The van der Waals surface area contributed by atoms with Gasteiger partial charge in [0, 0.05) is 0 Å². The van der Waals surface area contributed by atoms with E-state index < -0.39 is 0 Å². The normalized spacial score (nSPS) is 17.2. The highest BCUT2D eigenvalue weighted by atomic mass is 35.5. The van der Waals surface area contributed by atoms with Crippen LogP contribution in [0.4, 0.5) is 0 Å². The van der Waals surface area contributed by atoms with Crippen molar-refractivity contribution < 1.29 is 0 Å². The molecule has 14 heavy (non-hydrogen) atoms. The van der Waals surface area contributed by atoms with E-state index in [1.165, 1.54) is 24.8 Å². The minimum atomic E-state index is 0. The summed E-state index contributed by atoms with van der Waals surface area (Å²) in [6.07, 6.45) is 3.96. The molecule has 0 heterocycles. The van der Waals surface area contributed by atoms with Crippen molar-refractivity contribution >= 4 is 12.4 Å². The van der Waals surface area contributed by atoms with Crippen LogP contribution in [-0.4, -0.2) is 6.54 Å². The zero-order chi connectivity index (χ0) is 9.10. The van der Waals surface area contributed by atoms with E-state index in [-0.39, 0.29) is 12.4 Å². The van der Waals surface area contributed by atoms with Crippen LogP contribution in [0.3, 0.4) is 0 Å². The Morgan fingerprint density at radius 3 is 2.36 bits per heavy atom. The highest BCUT2D eigenvalue weighted by Crippen LogP contribution is 2.37. The van der Waals surface area contributed by atoms with Gasteiger partial charge in [0.25, 0.3) is 0 Å². The molecule has 0 saturated heterocycles. The maximum atomic E-state index is 5.76. The van der Waals surface area contributed by atoms with E-state index in [0.717, 1.165) is 18.4 Å². The van der Waals surface area contributed by atoms with Crippen molar-refractivity contribution in [3.63, 3.8) is 0 Å². The van der Waals surface area contributed by atoms with Gasteiger partial charge in [-0.3, -0.25) is 0 Å². The Hall–Kier alpha value is -0.530. The van der Waals surface area contributed by atoms with Crippen molar-refractivity contribution in [3.05, 3.63) is 35.9 Å². The minimum absolute atomic E-state index is 0. The van der Waals surface area contributed by atoms with Crippen LogP contribution in [0.15, 0.2) is 30.3 Å². The molecule has 2 rings (SSSR count). The molecule has 1 unspecified atom stereocenters. The van der Waals surface area contributed by atoms with Crippen LogP contribution in [0.5, 0.6) is 0 Å². The Balaban J connectivity index is 0.000000980. The van der Waals surface area contributed by atoms with Gasteiger partial charge < -0.3 is 5.73 Å². The van der Waals surface area contributed by atoms with Gasteiger partial charge in [0.15, 0.2) is 0 Å². The quantitative estimate of drug-likeness (QED) is 0.814. The number of hydrogen-bond donors (Lipinski definition) is 1. The van der Waals surface area contributed by atoms with Crippen LogP contribution >= 0.6 is 12.4 Å². The van der Waals surface area contributed by atoms with Gasteiger partial charge in [0.05, 0.1) is 0 Å². The van der Waals surface area contributed by atoms with E-state index in [9.17, 15) is 0 Å². The second-order valence-electron chi connectivity index (χ2n) is 4.02. The van der Waals surface area contributed by atoms with Crippen molar-refractivity contribution in [2.24, 2.45) is 17.6 Å². The molecule has 0 spiro atoms. The molecule has 0 bridgehead atoms. The van der Waals surface area contributed by atoms with Crippen LogP contribution < -0.4 is 5.73 Å². The summed E-state index contributed by atoms with van der Waals surface area (Å²) in [5.41, 5.74) is 7.20. The lowest BCUT2D eigenvalue weighted by Gasteiger charge is -2.13. The third kappa shape index (κ3) is 3.00. The fourth-order valence-corrected chi connectivity index (χ4v) is 1.93. The average molecular weight is 212 g/mol. The molecule has 1 aromatic carbocycles. The zero-order valence-corrected chi connectivity index (χ0v) is 9.17. The summed E-state index contributed by atoms with van der Waals surface area (Å²) in [6, 6.07) is 10.7. The molecule has 1 aliphatic carbocycles. The topological polar surface area (TPSA) is 26.0 Å². The highest BCUT2D eigenvalue weighted by Gasteiger charge is 2.29. The lowest BCUT2D eigenvalue weighted by Crippen LogP contribution is -2.18. The van der Waals surface area contributed by atoms with Gasteiger partial charge in [-0.15, -0.1) is 12.4 Å². The predicted octanol–water partition coefficient (Wildman–Crippen LogP) is 2.64. The first-order chi connectivity index (χ1) is 6.40. The predicted molar refractivity (Wildman–Crippen MR) is 62.7 cm³/mol. The van der Waals surface area contributed by atoms with Crippen LogP contribution in [-0.2, 0) is 6.42 Å². The maximum absolute atomic E-state index is 5.76. The Labute approximate surface area is 92.1 Å². The van der Waals surface area contributed by atoms with Crippen molar-refractivity contribution in [2.75, 3.05) is 6.54 Å². The summed E-state index contributed by atoms with van der Waals surface area (Å²) < 4.78 is 0. The number of benzene rings is 1. The first-order valence-corrected chi connectivity index (χ1v) is 5.14. The zero-order valence-electron chi connectivity index (χ0n) is 8.36. The minimum Gasteiger partial charge on any atom is -0.330 e. The Bertz CT molecular complexity index is 256. The first-order valence-electron chi connectivity index (χ1n) is 5.14. The van der Waals surface area contributed by atoms with Gasteiger partial charge in [-0.25, -0.2) is 0 Å². The summed E-state index contributed by atoms with van der Waals surface area (Å²) in [5.74, 6) is 1.65. The van der Waals surface area contributed by atoms with Gasteiger partial charge in [0.1, 0.15) is 0 Å². The third-order valence-corrected chi connectivity index (χ3v) is 2.93. The van der Waals surface area contributed by atoms with E-state index in [1.807, 2.05) is 0 Å². The van der Waals surface area contributed by atoms with Crippen LogP contribution in [0.2, 0.25) is 0 Å². The Kier molecular flexibility index (Phi) is 4.43. The summed E-state index contributed by atoms with van der Waals surface area (Å²) in [6.45, 7) is 0.847. The van der Waals surface area contributed by atoms with Crippen molar-refractivity contribution in [1.82, 2.24) is 0 Å². The molecule has 1 aliphatic rings. The lowest BCUT2D eigenvalue weighted by molar-refractivity contribution is 0.471. The molecule has 1 aromatic rings. The molecule has 1 saturated carbocycles. The maximum Gasteiger partial charge on any atom is -0.00430 e.